The van der Waals surface area contributed by atoms with E-state index in [1.54, 1.807) is 44.4 Å². The van der Waals surface area contributed by atoms with Crippen molar-refractivity contribution in [2.45, 2.75) is 17.9 Å². The Morgan fingerprint density at radius 3 is 2.14 bits per heavy atom. The topological polar surface area (TPSA) is 94.2 Å². The molecule has 29 heavy (non-hydrogen) atoms. The van der Waals surface area contributed by atoms with Gasteiger partial charge in [0.25, 0.3) is 0 Å². The first-order chi connectivity index (χ1) is 13.7. The molecule has 0 fully saturated rings. The minimum Gasteiger partial charge on any atom is -0.497 e. The van der Waals surface area contributed by atoms with Crippen LogP contribution in [0.3, 0.4) is 0 Å². The molecule has 0 spiro atoms. The molecular weight excluding hydrogens is 396 g/mol. The molecular formula is C20H26N2O6S. The predicted octanol–water partition coefficient (Wildman–Crippen LogP) is 2.21. The van der Waals surface area contributed by atoms with Crippen molar-refractivity contribution in [2.75, 3.05) is 34.9 Å². The van der Waals surface area contributed by atoms with Gasteiger partial charge >= 0.3 is 0 Å². The largest absolute Gasteiger partial charge is 0.497 e. The van der Waals surface area contributed by atoms with Gasteiger partial charge in [-0.1, -0.05) is 0 Å². The highest BCUT2D eigenvalue weighted by Gasteiger charge is 2.24. The quantitative estimate of drug-likeness (QED) is 0.666. The Morgan fingerprint density at radius 1 is 1.00 bits per heavy atom. The van der Waals surface area contributed by atoms with Gasteiger partial charge in [-0.3, -0.25) is 4.79 Å². The van der Waals surface area contributed by atoms with E-state index in [4.69, 9.17) is 14.2 Å². The first-order valence-electron chi connectivity index (χ1n) is 8.84. The highest BCUT2D eigenvalue weighted by molar-refractivity contribution is 7.89. The average Bonchev–Trinajstić information content (AvgIpc) is 2.72. The summed E-state index contributed by atoms with van der Waals surface area (Å²) in [5.74, 6) is 1.33. The number of likely N-dealkylation sites (N-methyl/N-ethyl adjacent to an activating group) is 1. The Labute approximate surface area is 171 Å². The lowest BCUT2D eigenvalue weighted by Gasteiger charge is -2.21. The second-order valence-electron chi connectivity index (χ2n) is 6.33. The molecule has 0 aliphatic carbocycles. The van der Waals surface area contributed by atoms with E-state index in [0.29, 0.717) is 17.2 Å². The number of hydrogen-bond acceptors (Lipinski definition) is 6. The van der Waals surface area contributed by atoms with Crippen LogP contribution < -0.4 is 19.5 Å². The molecule has 158 valence electrons. The maximum Gasteiger partial charge on any atom is 0.243 e. The third kappa shape index (κ3) is 5.39. The summed E-state index contributed by atoms with van der Waals surface area (Å²) < 4.78 is 41.9. The van der Waals surface area contributed by atoms with Crippen LogP contribution in [-0.4, -0.2) is 53.6 Å². The zero-order valence-corrected chi connectivity index (χ0v) is 17.9. The van der Waals surface area contributed by atoms with Gasteiger partial charge in [0.15, 0.2) is 0 Å². The van der Waals surface area contributed by atoms with Gasteiger partial charge in [0.1, 0.15) is 17.2 Å². The highest BCUT2D eigenvalue weighted by atomic mass is 32.2. The number of ether oxygens (including phenoxy) is 3. The second kappa shape index (κ2) is 9.62. The Balaban J connectivity index is 2.09. The number of nitrogens with one attached hydrogen (secondary N) is 1. The van der Waals surface area contributed by atoms with Gasteiger partial charge < -0.3 is 19.5 Å². The second-order valence-corrected chi connectivity index (χ2v) is 8.38. The highest BCUT2D eigenvalue weighted by Crippen LogP contribution is 2.29. The fraction of sp³-hybridized carbons (Fsp3) is 0.350. The lowest BCUT2D eigenvalue weighted by Crippen LogP contribution is -2.39. The zero-order chi connectivity index (χ0) is 21.6. The van der Waals surface area contributed by atoms with Gasteiger partial charge in [-0.25, -0.2) is 8.42 Å². The van der Waals surface area contributed by atoms with Crippen molar-refractivity contribution < 1.29 is 27.4 Å². The molecule has 0 radical (unpaired) electrons. The molecule has 1 atom stereocenters. The predicted molar refractivity (Wildman–Crippen MR) is 109 cm³/mol. The average molecular weight is 423 g/mol. The van der Waals surface area contributed by atoms with E-state index in [0.717, 1.165) is 9.87 Å². The van der Waals surface area contributed by atoms with Crippen molar-refractivity contribution >= 4 is 15.9 Å². The van der Waals surface area contributed by atoms with Crippen molar-refractivity contribution in [1.82, 2.24) is 9.62 Å². The van der Waals surface area contributed by atoms with Crippen LogP contribution in [0.25, 0.3) is 0 Å². The monoisotopic (exact) mass is 422 g/mol. The fourth-order valence-corrected chi connectivity index (χ4v) is 3.88. The number of rotatable bonds is 9. The van der Waals surface area contributed by atoms with E-state index in [-0.39, 0.29) is 11.4 Å². The number of amides is 1. The van der Waals surface area contributed by atoms with Gasteiger partial charge in [-0.15, -0.1) is 0 Å². The van der Waals surface area contributed by atoms with Crippen LogP contribution in [0.4, 0.5) is 0 Å². The van der Waals surface area contributed by atoms with Crippen LogP contribution in [0.5, 0.6) is 17.2 Å². The summed E-state index contributed by atoms with van der Waals surface area (Å²) in [6.07, 6.45) is 0. The van der Waals surface area contributed by atoms with Crippen LogP contribution in [0.2, 0.25) is 0 Å². The number of sulfonamides is 1. The van der Waals surface area contributed by atoms with Crippen molar-refractivity contribution in [3.8, 4) is 17.2 Å². The van der Waals surface area contributed by atoms with Gasteiger partial charge in [0.2, 0.25) is 15.9 Å². The van der Waals surface area contributed by atoms with Crippen molar-refractivity contribution in [3.63, 3.8) is 0 Å². The Kier molecular flexibility index (Phi) is 7.46. The Hall–Kier alpha value is -2.78. The zero-order valence-electron chi connectivity index (χ0n) is 17.1. The van der Waals surface area contributed by atoms with Crippen LogP contribution >= 0.6 is 0 Å². The molecule has 1 N–H and O–H groups in total. The molecule has 0 heterocycles. The molecule has 2 aromatic carbocycles. The summed E-state index contributed by atoms with van der Waals surface area (Å²) in [5.41, 5.74) is 0.723. The normalized spacial score (nSPS) is 12.3. The SMILES string of the molecule is COc1ccc(S(=O)(=O)N(C)CC(=O)N[C@H](C)c2cc(OC)ccc2OC)cc1. The standard InChI is InChI=1S/C20H26N2O6S/c1-14(18-12-16(27-4)8-11-19(18)28-5)21-20(23)13-22(2)29(24,25)17-9-6-15(26-3)7-10-17/h6-12,14H,13H2,1-5H3,(H,21,23)/t14-/m1/s1. The van der Waals surface area contributed by atoms with Crippen LogP contribution in [0, 0.1) is 0 Å². The van der Waals surface area contributed by atoms with Crippen LogP contribution in [0.1, 0.15) is 18.5 Å². The van der Waals surface area contributed by atoms with Crippen LogP contribution in [-0.2, 0) is 14.8 Å². The van der Waals surface area contributed by atoms with E-state index in [1.165, 1.54) is 33.4 Å². The van der Waals surface area contributed by atoms with E-state index in [2.05, 4.69) is 5.32 Å². The van der Waals surface area contributed by atoms with Crippen molar-refractivity contribution in [1.29, 1.82) is 0 Å². The summed E-state index contributed by atoms with van der Waals surface area (Å²) in [4.78, 5) is 12.5. The van der Waals surface area contributed by atoms with Gasteiger partial charge in [-0.2, -0.15) is 4.31 Å². The molecule has 1 amide bonds. The van der Waals surface area contributed by atoms with Gasteiger partial charge in [0, 0.05) is 12.6 Å². The Bertz CT molecular complexity index is 944. The first-order valence-corrected chi connectivity index (χ1v) is 10.3. The molecule has 0 aliphatic rings. The maximum absolute atomic E-state index is 12.7. The number of carbonyl (C=O) groups excluding carboxylic acids is 1. The molecule has 8 nitrogen and oxygen atoms in total. The van der Waals surface area contributed by atoms with Crippen molar-refractivity contribution in [2.24, 2.45) is 0 Å². The molecule has 0 aliphatic heterocycles. The van der Waals surface area contributed by atoms with Gasteiger partial charge in [0.05, 0.1) is 38.8 Å². The van der Waals surface area contributed by atoms with Crippen LogP contribution in [0.15, 0.2) is 47.4 Å². The summed E-state index contributed by atoms with van der Waals surface area (Å²) >= 11 is 0. The van der Waals surface area contributed by atoms with E-state index in [1.807, 2.05) is 0 Å². The third-order valence-electron chi connectivity index (χ3n) is 4.41. The summed E-state index contributed by atoms with van der Waals surface area (Å²) in [6.45, 7) is 1.46. The number of nitrogens with zero attached hydrogens (tertiary/aromatic N) is 1. The molecule has 0 bridgehead atoms. The molecule has 0 unspecified atom stereocenters. The summed E-state index contributed by atoms with van der Waals surface area (Å²) in [7, 11) is 2.13. The molecule has 0 saturated carbocycles. The van der Waals surface area contributed by atoms with Gasteiger partial charge in [-0.05, 0) is 49.4 Å². The number of methoxy groups -OCH3 is 3. The minimum absolute atomic E-state index is 0.0797. The molecule has 0 aromatic heterocycles. The summed E-state index contributed by atoms with van der Waals surface area (Å²) in [6, 6.07) is 10.8. The fourth-order valence-electron chi connectivity index (χ4n) is 2.76. The smallest absolute Gasteiger partial charge is 0.243 e. The first kappa shape index (κ1) is 22.5. The molecule has 0 saturated heterocycles. The van der Waals surface area contributed by atoms with Crippen molar-refractivity contribution in [3.05, 3.63) is 48.0 Å². The van der Waals surface area contributed by atoms with E-state index >= 15 is 0 Å². The number of carbonyl (C=O) groups is 1. The summed E-state index contributed by atoms with van der Waals surface area (Å²) in [5, 5.41) is 2.79. The third-order valence-corrected chi connectivity index (χ3v) is 6.23. The molecule has 2 rings (SSSR count). The lowest BCUT2D eigenvalue weighted by atomic mass is 10.1. The molecule has 2 aromatic rings. The van der Waals surface area contributed by atoms with E-state index < -0.39 is 22.0 Å². The Morgan fingerprint density at radius 2 is 1.59 bits per heavy atom. The van der Waals surface area contributed by atoms with E-state index in [9.17, 15) is 13.2 Å². The minimum atomic E-state index is -3.81. The number of benzene rings is 2. The lowest BCUT2D eigenvalue weighted by molar-refractivity contribution is -0.121. The molecule has 9 heteroatoms. The maximum atomic E-state index is 12.7. The number of hydrogen-bond donors (Lipinski definition) is 1.